The fraction of sp³-hybridized carbons (Fsp3) is 0.286. The van der Waals surface area contributed by atoms with Crippen LogP contribution in [0.4, 0.5) is 11.4 Å². The smallest absolute Gasteiger partial charge is 0.340 e. The van der Waals surface area contributed by atoms with Gasteiger partial charge in [-0.05, 0) is 19.1 Å². The van der Waals surface area contributed by atoms with Gasteiger partial charge in [-0.3, -0.25) is 0 Å². The molecule has 6 heteroatoms. The molecule has 0 atom stereocenters. The molecule has 0 unspecified atom stereocenters. The zero-order valence-electron chi connectivity index (χ0n) is 11.5. The summed E-state index contributed by atoms with van der Waals surface area (Å²) in [5.74, 6) is -0.429. The highest BCUT2D eigenvalue weighted by atomic mass is 32.1. The summed E-state index contributed by atoms with van der Waals surface area (Å²) in [6.45, 7) is 2.69. The second-order valence-corrected chi connectivity index (χ2v) is 5.26. The summed E-state index contributed by atoms with van der Waals surface area (Å²) in [6.07, 6.45) is 0.820. The predicted octanol–water partition coefficient (Wildman–Crippen LogP) is 2.47. The molecule has 0 radical (unpaired) electrons. The zero-order chi connectivity index (χ0) is 14.5. The van der Waals surface area contributed by atoms with Gasteiger partial charge in [-0.15, -0.1) is 11.3 Å². The molecule has 0 aliphatic rings. The molecule has 0 spiro atoms. The first-order valence-electron chi connectivity index (χ1n) is 6.23. The summed E-state index contributed by atoms with van der Waals surface area (Å²) in [7, 11) is 1.34. The van der Waals surface area contributed by atoms with Crippen LogP contribution < -0.4 is 11.1 Å². The topological polar surface area (TPSA) is 77.2 Å². The summed E-state index contributed by atoms with van der Waals surface area (Å²) < 4.78 is 4.69. The van der Waals surface area contributed by atoms with E-state index in [0.717, 1.165) is 22.8 Å². The Morgan fingerprint density at radius 3 is 2.95 bits per heavy atom. The SMILES string of the molecule is COC(=O)c1cccc(NCCc2nc(C)cs2)c1N. The number of rotatable bonds is 5. The number of ether oxygens (including phenoxy) is 1. The van der Waals surface area contributed by atoms with Gasteiger partial charge in [-0.25, -0.2) is 9.78 Å². The highest BCUT2D eigenvalue weighted by Crippen LogP contribution is 2.23. The van der Waals surface area contributed by atoms with Crippen molar-refractivity contribution in [3.05, 3.63) is 39.8 Å². The Morgan fingerprint density at radius 2 is 2.30 bits per heavy atom. The van der Waals surface area contributed by atoms with E-state index in [1.807, 2.05) is 18.4 Å². The lowest BCUT2D eigenvalue weighted by molar-refractivity contribution is 0.0602. The van der Waals surface area contributed by atoms with Crippen molar-refractivity contribution in [2.75, 3.05) is 24.7 Å². The summed E-state index contributed by atoms with van der Waals surface area (Å²) in [6, 6.07) is 5.27. The van der Waals surface area contributed by atoms with Gasteiger partial charge in [0.1, 0.15) is 0 Å². The molecule has 0 amide bonds. The third kappa shape index (κ3) is 3.27. The maximum Gasteiger partial charge on any atom is 0.340 e. The lowest BCUT2D eigenvalue weighted by atomic mass is 10.1. The van der Waals surface area contributed by atoms with Gasteiger partial charge in [0.2, 0.25) is 0 Å². The van der Waals surface area contributed by atoms with Crippen molar-refractivity contribution >= 4 is 28.7 Å². The number of benzene rings is 1. The maximum atomic E-state index is 11.5. The molecule has 0 saturated carbocycles. The van der Waals surface area contributed by atoms with Crippen LogP contribution >= 0.6 is 11.3 Å². The zero-order valence-corrected chi connectivity index (χ0v) is 12.3. The highest BCUT2D eigenvalue weighted by molar-refractivity contribution is 7.09. The molecule has 0 bridgehead atoms. The maximum absolute atomic E-state index is 11.5. The lowest BCUT2D eigenvalue weighted by Crippen LogP contribution is -2.11. The minimum Gasteiger partial charge on any atom is -0.465 e. The monoisotopic (exact) mass is 291 g/mol. The Balaban J connectivity index is 2.01. The van der Waals surface area contributed by atoms with Crippen molar-refractivity contribution in [2.45, 2.75) is 13.3 Å². The van der Waals surface area contributed by atoms with Crippen LogP contribution in [-0.4, -0.2) is 24.6 Å². The number of carbonyl (C=O) groups excluding carboxylic acids is 1. The van der Waals surface area contributed by atoms with Crippen molar-refractivity contribution in [3.63, 3.8) is 0 Å². The van der Waals surface area contributed by atoms with Crippen LogP contribution in [-0.2, 0) is 11.2 Å². The number of aromatic nitrogens is 1. The average Bonchev–Trinajstić information content (AvgIpc) is 2.85. The molecule has 0 aliphatic carbocycles. The largest absolute Gasteiger partial charge is 0.465 e. The number of hydrogen-bond acceptors (Lipinski definition) is 6. The number of aryl methyl sites for hydroxylation is 1. The van der Waals surface area contributed by atoms with E-state index < -0.39 is 5.97 Å². The summed E-state index contributed by atoms with van der Waals surface area (Å²) in [4.78, 5) is 15.9. The number of thiazole rings is 1. The van der Waals surface area contributed by atoms with Crippen molar-refractivity contribution in [3.8, 4) is 0 Å². The summed E-state index contributed by atoms with van der Waals surface area (Å²) in [5.41, 5.74) is 8.53. The van der Waals surface area contributed by atoms with E-state index in [-0.39, 0.29) is 0 Å². The highest BCUT2D eigenvalue weighted by Gasteiger charge is 2.12. The third-order valence-corrected chi connectivity index (χ3v) is 3.86. The van der Waals surface area contributed by atoms with Gasteiger partial charge in [-0.1, -0.05) is 6.07 Å². The Kier molecular flexibility index (Phi) is 4.57. The fourth-order valence-corrected chi connectivity index (χ4v) is 2.60. The van der Waals surface area contributed by atoms with Gasteiger partial charge < -0.3 is 15.8 Å². The number of nitrogens with one attached hydrogen (secondary N) is 1. The van der Waals surface area contributed by atoms with Crippen LogP contribution in [0.5, 0.6) is 0 Å². The molecular weight excluding hydrogens is 274 g/mol. The van der Waals surface area contributed by atoms with E-state index in [1.165, 1.54) is 7.11 Å². The van der Waals surface area contributed by atoms with Crippen LogP contribution in [0.3, 0.4) is 0 Å². The van der Waals surface area contributed by atoms with Gasteiger partial charge in [0.15, 0.2) is 0 Å². The molecule has 3 N–H and O–H groups in total. The molecule has 2 aromatic rings. The number of hydrogen-bond donors (Lipinski definition) is 2. The number of nitrogen functional groups attached to an aromatic ring is 1. The third-order valence-electron chi connectivity index (χ3n) is 2.83. The molecule has 0 saturated heterocycles. The predicted molar refractivity (Wildman–Crippen MR) is 81.2 cm³/mol. The molecule has 0 fully saturated rings. The lowest BCUT2D eigenvalue weighted by Gasteiger charge is -2.11. The van der Waals surface area contributed by atoms with Crippen LogP contribution in [0.1, 0.15) is 21.1 Å². The number of methoxy groups -OCH3 is 1. The number of anilines is 2. The van der Waals surface area contributed by atoms with Crippen LogP contribution in [0.25, 0.3) is 0 Å². The molecule has 20 heavy (non-hydrogen) atoms. The normalized spacial score (nSPS) is 10.3. The standard InChI is InChI=1S/C14H17N3O2S/c1-9-8-20-12(17-9)6-7-16-11-5-3-4-10(13(11)15)14(18)19-2/h3-5,8,16H,6-7,15H2,1-2H3. The van der Waals surface area contributed by atoms with Crippen LogP contribution in [0, 0.1) is 6.92 Å². The molecule has 1 aromatic carbocycles. The van der Waals surface area contributed by atoms with E-state index in [1.54, 1.807) is 23.5 Å². The van der Waals surface area contributed by atoms with Gasteiger partial charge in [0, 0.05) is 24.0 Å². The van der Waals surface area contributed by atoms with E-state index in [0.29, 0.717) is 17.8 Å². The van der Waals surface area contributed by atoms with E-state index in [2.05, 4.69) is 10.3 Å². The van der Waals surface area contributed by atoms with Gasteiger partial charge in [0.05, 0.1) is 29.1 Å². The number of para-hydroxylation sites is 1. The van der Waals surface area contributed by atoms with Gasteiger partial charge in [0.25, 0.3) is 0 Å². The fourth-order valence-electron chi connectivity index (χ4n) is 1.83. The Morgan fingerprint density at radius 1 is 1.50 bits per heavy atom. The number of carbonyl (C=O) groups is 1. The van der Waals surface area contributed by atoms with E-state index in [9.17, 15) is 4.79 Å². The Bertz CT molecular complexity index is 610. The molecular formula is C14H17N3O2S. The van der Waals surface area contributed by atoms with Gasteiger partial charge >= 0.3 is 5.97 Å². The first-order valence-corrected chi connectivity index (χ1v) is 7.11. The molecule has 106 valence electrons. The van der Waals surface area contributed by atoms with E-state index in [4.69, 9.17) is 10.5 Å². The van der Waals surface area contributed by atoms with Crippen LogP contribution in [0.15, 0.2) is 23.6 Å². The number of esters is 1. The number of nitrogens with zero attached hydrogens (tertiary/aromatic N) is 1. The van der Waals surface area contributed by atoms with Crippen LogP contribution in [0.2, 0.25) is 0 Å². The molecule has 1 heterocycles. The Labute approximate surface area is 121 Å². The Hall–Kier alpha value is -2.08. The van der Waals surface area contributed by atoms with Crippen molar-refractivity contribution in [2.24, 2.45) is 0 Å². The van der Waals surface area contributed by atoms with Gasteiger partial charge in [-0.2, -0.15) is 0 Å². The quantitative estimate of drug-likeness (QED) is 0.653. The van der Waals surface area contributed by atoms with Crippen molar-refractivity contribution in [1.29, 1.82) is 0 Å². The second kappa shape index (κ2) is 6.38. The average molecular weight is 291 g/mol. The van der Waals surface area contributed by atoms with Crippen molar-refractivity contribution < 1.29 is 9.53 Å². The number of nitrogens with two attached hydrogens (primary N) is 1. The van der Waals surface area contributed by atoms with E-state index >= 15 is 0 Å². The molecule has 0 aliphatic heterocycles. The molecule has 5 nitrogen and oxygen atoms in total. The summed E-state index contributed by atoms with van der Waals surface area (Å²) >= 11 is 1.64. The summed E-state index contributed by atoms with van der Waals surface area (Å²) in [5, 5.41) is 6.33. The van der Waals surface area contributed by atoms with Crippen molar-refractivity contribution in [1.82, 2.24) is 4.98 Å². The molecule has 2 rings (SSSR count). The second-order valence-electron chi connectivity index (χ2n) is 4.32. The first kappa shape index (κ1) is 14.3. The minimum atomic E-state index is -0.429. The minimum absolute atomic E-state index is 0.377. The molecule has 1 aromatic heterocycles. The first-order chi connectivity index (χ1) is 9.61.